The zero-order chi connectivity index (χ0) is 17.8. The fraction of sp³-hybridized carbons (Fsp3) is 0.300. The number of thiazole rings is 1. The summed E-state index contributed by atoms with van der Waals surface area (Å²) in [6.45, 7) is 1.45. The Morgan fingerprint density at radius 1 is 1.15 bits per heavy atom. The summed E-state index contributed by atoms with van der Waals surface area (Å²) in [7, 11) is 0. The molecule has 1 fully saturated rings. The van der Waals surface area contributed by atoms with Crippen molar-refractivity contribution in [1.82, 2.24) is 10.3 Å². The molecule has 3 aromatic rings. The number of carbonyl (C=O) groups excluding carboxylic acids is 1. The molecule has 1 N–H and O–H groups in total. The van der Waals surface area contributed by atoms with Crippen molar-refractivity contribution in [1.29, 1.82) is 0 Å². The highest BCUT2D eigenvalue weighted by atomic mass is 32.1. The molecule has 1 amide bonds. The molecule has 0 saturated carbocycles. The highest BCUT2D eigenvalue weighted by Crippen LogP contribution is 2.36. The number of ether oxygens (including phenoxy) is 1. The van der Waals surface area contributed by atoms with Gasteiger partial charge in [0.2, 0.25) is 5.91 Å². The molecular formula is C20H20N2O2S2. The Morgan fingerprint density at radius 2 is 1.96 bits per heavy atom. The number of nitrogens with one attached hydrogen (secondary N) is 1. The molecule has 0 spiro atoms. The van der Waals surface area contributed by atoms with Gasteiger partial charge in [0, 0.05) is 29.7 Å². The molecule has 0 atom stereocenters. The average molecular weight is 385 g/mol. The molecule has 2 aromatic heterocycles. The van der Waals surface area contributed by atoms with Crippen molar-refractivity contribution in [2.45, 2.75) is 25.3 Å². The van der Waals surface area contributed by atoms with Gasteiger partial charge in [-0.2, -0.15) is 0 Å². The van der Waals surface area contributed by atoms with Crippen LogP contribution < -0.4 is 5.32 Å². The van der Waals surface area contributed by atoms with Crippen LogP contribution >= 0.6 is 22.7 Å². The van der Waals surface area contributed by atoms with Gasteiger partial charge in [-0.1, -0.05) is 36.4 Å². The molecular weight excluding hydrogens is 364 g/mol. The van der Waals surface area contributed by atoms with Crippen LogP contribution in [0.3, 0.4) is 0 Å². The van der Waals surface area contributed by atoms with Crippen LogP contribution in [0.1, 0.15) is 17.7 Å². The first-order valence-electron chi connectivity index (χ1n) is 8.76. The zero-order valence-electron chi connectivity index (χ0n) is 14.3. The number of hydrogen-bond acceptors (Lipinski definition) is 5. The van der Waals surface area contributed by atoms with E-state index in [-0.39, 0.29) is 11.9 Å². The van der Waals surface area contributed by atoms with E-state index in [4.69, 9.17) is 9.72 Å². The SMILES string of the molecule is O=C(Cc1sc(-c2ccccc2)nc1-c1cccs1)NC1CCOCC1. The Labute approximate surface area is 160 Å². The maximum Gasteiger partial charge on any atom is 0.225 e. The number of nitrogens with zero attached hydrogens (tertiary/aromatic N) is 1. The van der Waals surface area contributed by atoms with Gasteiger partial charge in [0.05, 0.1) is 17.0 Å². The summed E-state index contributed by atoms with van der Waals surface area (Å²) in [4.78, 5) is 19.6. The zero-order valence-corrected chi connectivity index (χ0v) is 15.9. The molecule has 0 aliphatic carbocycles. The second-order valence-corrected chi connectivity index (χ2v) is 8.30. The third kappa shape index (κ3) is 4.03. The summed E-state index contributed by atoms with van der Waals surface area (Å²) in [5.74, 6) is 0.0676. The van der Waals surface area contributed by atoms with Gasteiger partial charge in [0.15, 0.2) is 0 Å². The Hall–Kier alpha value is -2.02. The molecule has 26 heavy (non-hydrogen) atoms. The fourth-order valence-electron chi connectivity index (χ4n) is 3.05. The van der Waals surface area contributed by atoms with Crippen molar-refractivity contribution in [3.63, 3.8) is 0 Å². The number of rotatable bonds is 5. The maximum atomic E-state index is 12.6. The van der Waals surface area contributed by atoms with Gasteiger partial charge in [0.1, 0.15) is 5.01 Å². The van der Waals surface area contributed by atoms with E-state index in [2.05, 4.69) is 23.5 Å². The van der Waals surface area contributed by atoms with Crippen molar-refractivity contribution in [3.8, 4) is 21.1 Å². The van der Waals surface area contributed by atoms with Crippen molar-refractivity contribution in [3.05, 3.63) is 52.7 Å². The molecule has 0 unspecified atom stereocenters. The third-order valence-corrected chi connectivity index (χ3v) is 6.36. The van der Waals surface area contributed by atoms with Gasteiger partial charge < -0.3 is 10.1 Å². The predicted octanol–water partition coefficient (Wildman–Crippen LogP) is 4.38. The number of benzene rings is 1. The Kier molecular flexibility index (Phi) is 5.43. The predicted molar refractivity (Wildman–Crippen MR) is 107 cm³/mol. The van der Waals surface area contributed by atoms with Gasteiger partial charge in [-0.3, -0.25) is 4.79 Å². The van der Waals surface area contributed by atoms with E-state index in [1.807, 2.05) is 29.6 Å². The van der Waals surface area contributed by atoms with Crippen LogP contribution in [0.25, 0.3) is 21.1 Å². The van der Waals surface area contributed by atoms with E-state index in [1.54, 1.807) is 22.7 Å². The molecule has 134 valence electrons. The lowest BCUT2D eigenvalue weighted by atomic mass is 10.1. The summed E-state index contributed by atoms with van der Waals surface area (Å²) < 4.78 is 5.36. The van der Waals surface area contributed by atoms with Crippen molar-refractivity contribution < 1.29 is 9.53 Å². The van der Waals surface area contributed by atoms with E-state index < -0.39 is 0 Å². The topological polar surface area (TPSA) is 51.2 Å². The number of carbonyl (C=O) groups is 1. The van der Waals surface area contributed by atoms with E-state index in [0.717, 1.165) is 52.1 Å². The quantitative estimate of drug-likeness (QED) is 0.710. The van der Waals surface area contributed by atoms with E-state index >= 15 is 0 Å². The highest BCUT2D eigenvalue weighted by Gasteiger charge is 2.20. The number of hydrogen-bond donors (Lipinski definition) is 1. The van der Waals surface area contributed by atoms with E-state index in [9.17, 15) is 4.79 Å². The summed E-state index contributed by atoms with van der Waals surface area (Å²) in [5.41, 5.74) is 2.03. The first-order valence-corrected chi connectivity index (χ1v) is 10.5. The molecule has 4 rings (SSSR count). The molecule has 0 bridgehead atoms. The van der Waals surface area contributed by atoms with Crippen molar-refractivity contribution in [2.24, 2.45) is 0 Å². The first-order chi connectivity index (χ1) is 12.8. The van der Waals surface area contributed by atoms with Crippen LogP contribution in [0.4, 0.5) is 0 Å². The van der Waals surface area contributed by atoms with Crippen LogP contribution in [0.5, 0.6) is 0 Å². The minimum Gasteiger partial charge on any atom is -0.381 e. The molecule has 4 nitrogen and oxygen atoms in total. The van der Waals surface area contributed by atoms with Gasteiger partial charge in [-0.15, -0.1) is 22.7 Å². The van der Waals surface area contributed by atoms with Gasteiger partial charge in [-0.05, 0) is 24.3 Å². The number of thiophene rings is 1. The van der Waals surface area contributed by atoms with Crippen molar-refractivity contribution >= 4 is 28.6 Å². The summed E-state index contributed by atoms with van der Waals surface area (Å²) in [6, 6.07) is 14.5. The molecule has 1 aromatic carbocycles. The van der Waals surface area contributed by atoms with Gasteiger partial charge >= 0.3 is 0 Å². The van der Waals surface area contributed by atoms with Crippen LogP contribution in [0.15, 0.2) is 47.8 Å². The first kappa shape index (κ1) is 17.4. The number of aromatic nitrogens is 1. The van der Waals surface area contributed by atoms with Crippen LogP contribution in [-0.2, 0) is 16.0 Å². The van der Waals surface area contributed by atoms with Crippen LogP contribution in [-0.4, -0.2) is 30.1 Å². The lowest BCUT2D eigenvalue weighted by Gasteiger charge is -2.23. The third-order valence-electron chi connectivity index (χ3n) is 4.38. The lowest BCUT2D eigenvalue weighted by molar-refractivity contribution is -0.121. The Bertz CT molecular complexity index is 853. The fourth-order valence-corrected chi connectivity index (χ4v) is 4.93. The molecule has 6 heteroatoms. The Morgan fingerprint density at radius 3 is 2.69 bits per heavy atom. The Balaban J connectivity index is 1.57. The second-order valence-electron chi connectivity index (χ2n) is 6.27. The maximum absolute atomic E-state index is 12.6. The largest absolute Gasteiger partial charge is 0.381 e. The number of amides is 1. The minimum absolute atomic E-state index is 0.0676. The van der Waals surface area contributed by atoms with E-state index in [1.165, 1.54) is 0 Å². The van der Waals surface area contributed by atoms with Crippen molar-refractivity contribution in [2.75, 3.05) is 13.2 Å². The standard InChI is InChI=1S/C20H20N2O2S2/c23-18(21-15-8-10-24-11-9-15)13-17-19(16-7-4-12-25-16)22-20(26-17)14-5-2-1-3-6-14/h1-7,12,15H,8-11,13H2,(H,21,23). The highest BCUT2D eigenvalue weighted by molar-refractivity contribution is 7.17. The monoisotopic (exact) mass is 384 g/mol. The smallest absolute Gasteiger partial charge is 0.225 e. The summed E-state index contributed by atoms with van der Waals surface area (Å²) >= 11 is 3.27. The average Bonchev–Trinajstić information content (AvgIpc) is 3.33. The molecule has 0 radical (unpaired) electrons. The van der Waals surface area contributed by atoms with Crippen LogP contribution in [0, 0.1) is 0 Å². The second kappa shape index (κ2) is 8.12. The molecule has 1 saturated heterocycles. The van der Waals surface area contributed by atoms with Gasteiger partial charge in [0.25, 0.3) is 0 Å². The lowest BCUT2D eigenvalue weighted by Crippen LogP contribution is -2.39. The summed E-state index contributed by atoms with van der Waals surface area (Å²) in [5, 5.41) is 6.16. The minimum atomic E-state index is 0.0676. The molecule has 1 aliphatic heterocycles. The van der Waals surface area contributed by atoms with E-state index in [0.29, 0.717) is 6.42 Å². The molecule has 1 aliphatic rings. The summed E-state index contributed by atoms with van der Waals surface area (Å²) in [6.07, 6.45) is 2.15. The van der Waals surface area contributed by atoms with Gasteiger partial charge in [-0.25, -0.2) is 4.98 Å². The van der Waals surface area contributed by atoms with Crippen LogP contribution in [0.2, 0.25) is 0 Å². The normalized spacial score (nSPS) is 15.1. The molecule has 3 heterocycles.